The predicted molar refractivity (Wildman–Crippen MR) is 86.6 cm³/mol. The lowest BCUT2D eigenvalue weighted by molar-refractivity contribution is -0.143. The molecule has 0 saturated carbocycles. The van der Waals surface area contributed by atoms with Gasteiger partial charge in [-0.3, -0.25) is 9.59 Å². The highest BCUT2D eigenvalue weighted by Gasteiger charge is 2.41. The van der Waals surface area contributed by atoms with Gasteiger partial charge in [-0.1, -0.05) is 0 Å². The first-order chi connectivity index (χ1) is 11.8. The molecular formula is C16H18N2O6S. The zero-order chi connectivity index (χ0) is 18.4. The van der Waals surface area contributed by atoms with Crippen LogP contribution in [0, 0.1) is 0 Å². The van der Waals surface area contributed by atoms with E-state index in [4.69, 9.17) is 0 Å². The molecule has 2 amide bonds. The second-order valence-electron chi connectivity index (χ2n) is 6.03. The summed E-state index contributed by atoms with van der Waals surface area (Å²) in [5.41, 5.74) is 0.105. The number of carbonyl (C=O) groups excluding carboxylic acids is 2. The molecule has 9 heteroatoms. The smallest absolute Gasteiger partial charge is 0.326 e. The maximum Gasteiger partial charge on any atom is 0.326 e. The number of amides is 2. The maximum atomic E-state index is 12.7. The van der Waals surface area contributed by atoms with Crippen LogP contribution in [0.1, 0.15) is 46.9 Å². The Labute approximate surface area is 145 Å². The second kappa shape index (κ2) is 6.14. The van der Waals surface area contributed by atoms with E-state index in [1.54, 1.807) is 6.92 Å². The number of piperidine rings is 1. The number of fused-ring (bicyclic) bond motifs is 1. The maximum absolute atomic E-state index is 12.7. The van der Waals surface area contributed by atoms with E-state index in [1.165, 1.54) is 23.1 Å². The minimum atomic E-state index is -3.97. The summed E-state index contributed by atoms with van der Waals surface area (Å²) in [5.74, 6) is -2.22. The van der Waals surface area contributed by atoms with Gasteiger partial charge in [0.15, 0.2) is 0 Å². The third-order valence-electron chi connectivity index (χ3n) is 4.59. The van der Waals surface area contributed by atoms with E-state index in [-0.39, 0.29) is 22.6 Å². The highest BCUT2D eigenvalue weighted by molar-refractivity contribution is 7.90. The van der Waals surface area contributed by atoms with Gasteiger partial charge in [-0.15, -0.1) is 0 Å². The molecule has 3 rings (SSSR count). The Kier molecular flexibility index (Phi) is 4.28. The molecule has 0 spiro atoms. The monoisotopic (exact) mass is 366 g/mol. The molecule has 2 aliphatic rings. The summed E-state index contributed by atoms with van der Waals surface area (Å²) in [6.45, 7) is 1.87. The number of hydrogen-bond donors (Lipinski definition) is 1. The summed E-state index contributed by atoms with van der Waals surface area (Å²) in [5, 5.41) is 9.30. The van der Waals surface area contributed by atoms with Crippen molar-refractivity contribution >= 4 is 27.8 Å². The molecule has 1 aromatic rings. The molecule has 0 radical (unpaired) electrons. The lowest BCUT2D eigenvalue weighted by Gasteiger charge is -2.33. The number of nitrogens with zero attached hydrogens (tertiary/aromatic N) is 2. The SMILES string of the molecule is CCN1C(=O)c2ccc(C(=O)N3CCCC[C@@H]3C(=O)O)cc2S1(=O)=O. The molecule has 0 aliphatic carbocycles. The molecule has 1 fully saturated rings. The molecule has 8 nitrogen and oxygen atoms in total. The Hall–Kier alpha value is -2.42. The highest BCUT2D eigenvalue weighted by Crippen LogP contribution is 2.31. The van der Waals surface area contributed by atoms with Gasteiger partial charge >= 0.3 is 5.97 Å². The molecule has 1 aromatic carbocycles. The van der Waals surface area contributed by atoms with E-state index in [9.17, 15) is 27.9 Å². The molecule has 0 aromatic heterocycles. The zero-order valence-corrected chi connectivity index (χ0v) is 14.5. The Morgan fingerprint density at radius 2 is 2.00 bits per heavy atom. The topological polar surface area (TPSA) is 112 Å². The Morgan fingerprint density at radius 1 is 1.28 bits per heavy atom. The average Bonchev–Trinajstić information content (AvgIpc) is 2.79. The third-order valence-corrected chi connectivity index (χ3v) is 6.49. The zero-order valence-electron chi connectivity index (χ0n) is 13.6. The lowest BCUT2D eigenvalue weighted by atomic mass is 10.0. The fraction of sp³-hybridized carbons (Fsp3) is 0.438. The van der Waals surface area contributed by atoms with Gasteiger partial charge < -0.3 is 10.0 Å². The molecule has 134 valence electrons. The lowest BCUT2D eigenvalue weighted by Crippen LogP contribution is -2.48. The number of carboxylic acids is 1. The summed E-state index contributed by atoms with van der Waals surface area (Å²) in [7, 11) is -3.97. The number of aliphatic carboxylic acids is 1. The van der Waals surface area contributed by atoms with E-state index in [1.807, 2.05) is 0 Å². The van der Waals surface area contributed by atoms with E-state index in [0.717, 1.165) is 10.7 Å². The molecule has 1 atom stereocenters. The summed E-state index contributed by atoms with van der Waals surface area (Å²) >= 11 is 0. The fourth-order valence-electron chi connectivity index (χ4n) is 3.32. The van der Waals surface area contributed by atoms with Crippen molar-refractivity contribution in [1.29, 1.82) is 0 Å². The number of sulfonamides is 1. The van der Waals surface area contributed by atoms with Crippen molar-refractivity contribution in [3.8, 4) is 0 Å². The van der Waals surface area contributed by atoms with E-state index < -0.39 is 33.8 Å². The van der Waals surface area contributed by atoms with E-state index >= 15 is 0 Å². The summed E-state index contributed by atoms with van der Waals surface area (Å²) in [6.07, 6.45) is 1.78. The van der Waals surface area contributed by atoms with Crippen molar-refractivity contribution in [2.45, 2.75) is 37.1 Å². The van der Waals surface area contributed by atoms with Crippen LogP contribution >= 0.6 is 0 Å². The van der Waals surface area contributed by atoms with E-state index in [0.29, 0.717) is 19.4 Å². The molecule has 2 aliphatic heterocycles. The molecule has 0 bridgehead atoms. The molecule has 1 saturated heterocycles. The van der Waals surface area contributed by atoms with Crippen LogP contribution in [0.3, 0.4) is 0 Å². The van der Waals surface area contributed by atoms with Crippen LogP contribution in [0.15, 0.2) is 23.1 Å². The van der Waals surface area contributed by atoms with Gasteiger partial charge in [0.2, 0.25) is 0 Å². The Morgan fingerprint density at radius 3 is 2.64 bits per heavy atom. The van der Waals surface area contributed by atoms with Gasteiger partial charge in [0.1, 0.15) is 10.9 Å². The van der Waals surface area contributed by atoms with Crippen LogP contribution in [0.5, 0.6) is 0 Å². The fourth-order valence-corrected chi connectivity index (χ4v) is 4.92. The summed E-state index contributed by atoms with van der Waals surface area (Å²) in [6, 6.07) is 2.95. The number of likely N-dealkylation sites (tertiary alicyclic amines) is 1. The molecule has 2 heterocycles. The molecule has 0 unspecified atom stereocenters. The third kappa shape index (κ3) is 2.68. The van der Waals surface area contributed by atoms with Gasteiger partial charge in [-0.05, 0) is 44.4 Å². The van der Waals surface area contributed by atoms with Crippen LogP contribution in [0.2, 0.25) is 0 Å². The minimum absolute atomic E-state index is 0.00629. The number of carbonyl (C=O) groups is 3. The summed E-state index contributed by atoms with van der Waals surface area (Å²) < 4.78 is 25.6. The number of hydrogen-bond acceptors (Lipinski definition) is 5. The van der Waals surface area contributed by atoms with Crippen molar-refractivity contribution < 1.29 is 27.9 Å². The van der Waals surface area contributed by atoms with Crippen LogP contribution < -0.4 is 0 Å². The Balaban J connectivity index is 2.00. The van der Waals surface area contributed by atoms with Crippen LogP contribution in [-0.4, -0.2) is 59.6 Å². The minimum Gasteiger partial charge on any atom is -0.480 e. The van der Waals surface area contributed by atoms with Crippen molar-refractivity contribution in [3.63, 3.8) is 0 Å². The highest BCUT2D eigenvalue weighted by atomic mass is 32.2. The normalized spacial score (nSPS) is 22.0. The standard InChI is InChI=1S/C16H18N2O6S/c1-2-18-15(20)11-7-6-10(9-13(11)25(18,23)24)14(19)17-8-4-3-5-12(17)16(21)22/h6-7,9,12H,2-5,8H2,1H3,(H,21,22)/t12-/m1/s1. The van der Waals surface area contributed by atoms with Gasteiger partial charge in [0.25, 0.3) is 21.8 Å². The van der Waals surface area contributed by atoms with Gasteiger partial charge in [-0.2, -0.15) is 0 Å². The second-order valence-corrected chi connectivity index (χ2v) is 7.86. The van der Waals surface area contributed by atoms with E-state index in [2.05, 4.69) is 0 Å². The largest absolute Gasteiger partial charge is 0.480 e. The number of carboxylic acid groups (broad SMARTS) is 1. The first-order valence-corrected chi connectivity index (χ1v) is 9.48. The average molecular weight is 366 g/mol. The van der Waals surface area contributed by atoms with Gasteiger partial charge in [0.05, 0.1) is 5.56 Å². The van der Waals surface area contributed by atoms with Gasteiger partial charge in [0, 0.05) is 18.7 Å². The van der Waals surface area contributed by atoms with Crippen molar-refractivity contribution in [1.82, 2.24) is 9.21 Å². The first kappa shape index (κ1) is 17.4. The van der Waals surface area contributed by atoms with Crippen LogP contribution in [0.4, 0.5) is 0 Å². The first-order valence-electron chi connectivity index (χ1n) is 8.04. The quantitative estimate of drug-likeness (QED) is 0.852. The van der Waals surface area contributed by atoms with Crippen LogP contribution in [0.25, 0.3) is 0 Å². The van der Waals surface area contributed by atoms with Gasteiger partial charge in [-0.25, -0.2) is 17.5 Å². The number of benzene rings is 1. The molecule has 1 N–H and O–H groups in total. The number of rotatable bonds is 3. The van der Waals surface area contributed by atoms with Crippen molar-refractivity contribution in [2.75, 3.05) is 13.1 Å². The molecule has 25 heavy (non-hydrogen) atoms. The van der Waals surface area contributed by atoms with Crippen LogP contribution in [-0.2, 0) is 14.8 Å². The van der Waals surface area contributed by atoms with Crippen molar-refractivity contribution in [3.05, 3.63) is 29.3 Å². The predicted octanol–water partition coefficient (Wildman–Crippen LogP) is 0.930. The summed E-state index contributed by atoms with van der Waals surface area (Å²) in [4.78, 5) is 37.3. The molecular weight excluding hydrogens is 348 g/mol. The Bertz CT molecular complexity index is 863. The van der Waals surface area contributed by atoms with Crippen molar-refractivity contribution in [2.24, 2.45) is 0 Å².